The molecule has 2 aromatic carbocycles. The molecule has 1 N–H and O–H groups in total. The molecule has 0 aliphatic carbocycles. The van der Waals surface area contributed by atoms with Crippen LogP contribution in [0.25, 0.3) is 0 Å². The van der Waals surface area contributed by atoms with Gasteiger partial charge in [-0.3, -0.25) is 9.10 Å². The molecule has 0 aliphatic heterocycles. The second-order valence-electron chi connectivity index (χ2n) is 6.09. The van der Waals surface area contributed by atoms with Crippen LogP contribution < -0.4 is 9.62 Å². The zero-order chi connectivity index (χ0) is 20.1. The predicted molar refractivity (Wildman–Crippen MR) is 109 cm³/mol. The highest BCUT2D eigenvalue weighted by Crippen LogP contribution is 2.26. The molecule has 0 bridgehead atoms. The number of nitrogens with one attached hydrogen (secondary N) is 1. The van der Waals surface area contributed by atoms with Gasteiger partial charge in [0.15, 0.2) is 0 Å². The quantitative estimate of drug-likeness (QED) is 0.636. The Morgan fingerprint density at radius 2 is 1.79 bits per heavy atom. The molecule has 0 saturated carbocycles. The summed E-state index contributed by atoms with van der Waals surface area (Å²) in [5, 5.41) is 4.23. The van der Waals surface area contributed by atoms with Crippen molar-refractivity contribution in [1.29, 1.82) is 0 Å². The van der Waals surface area contributed by atoms with Crippen LogP contribution >= 0.6 is 11.3 Å². The van der Waals surface area contributed by atoms with E-state index in [9.17, 15) is 17.6 Å². The number of amides is 1. The van der Waals surface area contributed by atoms with E-state index in [1.54, 1.807) is 0 Å². The predicted octanol–water partition coefficient (Wildman–Crippen LogP) is 3.68. The van der Waals surface area contributed by atoms with Crippen molar-refractivity contribution in [3.8, 4) is 0 Å². The molecule has 0 atom stereocenters. The van der Waals surface area contributed by atoms with Crippen molar-refractivity contribution in [2.75, 3.05) is 17.9 Å². The van der Waals surface area contributed by atoms with Gasteiger partial charge in [-0.2, -0.15) is 0 Å². The highest BCUT2D eigenvalue weighted by molar-refractivity contribution is 7.93. The lowest BCUT2D eigenvalue weighted by molar-refractivity contribution is 0.0958. The summed E-state index contributed by atoms with van der Waals surface area (Å²) in [7, 11) is -2.45. The Morgan fingerprint density at radius 3 is 2.46 bits per heavy atom. The van der Waals surface area contributed by atoms with Gasteiger partial charge in [-0.15, -0.1) is 11.3 Å². The SMILES string of the molecule is CN(c1ccc(F)cc1)S(=O)(=O)c1csc(C(=O)NCCc2ccccc2)c1. The van der Waals surface area contributed by atoms with Gasteiger partial charge in [0, 0.05) is 19.0 Å². The lowest BCUT2D eigenvalue weighted by atomic mass is 10.1. The molecule has 0 unspecified atom stereocenters. The van der Waals surface area contributed by atoms with Gasteiger partial charge in [0.1, 0.15) is 5.82 Å². The van der Waals surface area contributed by atoms with Crippen molar-refractivity contribution >= 4 is 33.0 Å². The molecule has 0 fully saturated rings. The maximum atomic E-state index is 13.1. The zero-order valence-electron chi connectivity index (χ0n) is 15.1. The molecule has 8 heteroatoms. The van der Waals surface area contributed by atoms with E-state index < -0.39 is 15.8 Å². The zero-order valence-corrected chi connectivity index (χ0v) is 16.8. The van der Waals surface area contributed by atoms with Gasteiger partial charge in [0.05, 0.1) is 15.5 Å². The van der Waals surface area contributed by atoms with Gasteiger partial charge in [-0.25, -0.2) is 12.8 Å². The summed E-state index contributed by atoms with van der Waals surface area (Å²) >= 11 is 1.07. The van der Waals surface area contributed by atoms with Crippen molar-refractivity contribution in [3.05, 3.63) is 82.3 Å². The van der Waals surface area contributed by atoms with E-state index in [0.717, 1.165) is 21.2 Å². The fraction of sp³-hybridized carbons (Fsp3) is 0.150. The van der Waals surface area contributed by atoms with Crippen molar-refractivity contribution in [3.63, 3.8) is 0 Å². The number of thiophene rings is 1. The van der Waals surface area contributed by atoms with Crippen molar-refractivity contribution < 1.29 is 17.6 Å². The first-order valence-corrected chi connectivity index (χ1v) is 10.8. The standard InChI is InChI=1S/C20H19FN2O3S2/c1-23(17-9-7-16(21)8-10-17)28(25,26)18-13-19(27-14-18)20(24)22-12-11-15-5-3-2-4-6-15/h2-10,13-14H,11-12H2,1H3,(H,22,24). The van der Waals surface area contributed by atoms with Crippen LogP contribution in [-0.2, 0) is 16.4 Å². The number of sulfonamides is 1. The van der Waals surface area contributed by atoms with Gasteiger partial charge in [-0.1, -0.05) is 30.3 Å². The third-order valence-electron chi connectivity index (χ3n) is 4.19. The second kappa shape index (κ2) is 8.53. The number of hydrogen-bond donors (Lipinski definition) is 1. The number of hydrogen-bond acceptors (Lipinski definition) is 4. The van der Waals surface area contributed by atoms with E-state index in [0.29, 0.717) is 23.5 Å². The van der Waals surface area contributed by atoms with Crippen LogP contribution in [0, 0.1) is 5.82 Å². The number of rotatable bonds is 7. The van der Waals surface area contributed by atoms with Crippen LogP contribution in [-0.4, -0.2) is 27.9 Å². The minimum atomic E-state index is -3.84. The first kappa shape index (κ1) is 20.0. The topological polar surface area (TPSA) is 66.5 Å². The van der Waals surface area contributed by atoms with Crippen LogP contribution in [0.15, 0.2) is 70.9 Å². The normalized spacial score (nSPS) is 11.2. The fourth-order valence-electron chi connectivity index (χ4n) is 2.57. The molecule has 5 nitrogen and oxygen atoms in total. The number of halogens is 1. The maximum absolute atomic E-state index is 13.1. The van der Waals surface area contributed by atoms with Crippen molar-refractivity contribution in [2.45, 2.75) is 11.3 Å². The van der Waals surface area contributed by atoms with E-state index in [4.69, 9.17) is 0 Å². The molecule has 3 rings (SSSR count). The minimum absolute atomic E-state index is 0.0255. The second-order valence-corrected chi connectivity index (χ2v) is 8.97. The first-order valence-electron chi connectivity index (χ1n) is 8.53. The molecule has 1 aromatic heterocycles. The number of anilines is 1. The lowest BCUT2D eigenvalue weighted by Gasteiger charge is -2.18. The van der Waals surface area contributed by atoms with Gasteiger partial charge < -0.3 is 5.32 Å². The summed E-state index contributed by atoms with van der Waals surface area (Å²) < 4.78 is 39.6. The van der Waals surface area contributed by atoms with Gasteiger partial charge >= 0.3 is 0 Å². The average molecular weight is 419 g/mol. The molecular weight excluding hydrogens is 399 g/mol. The third kappa shape index (κ3) is 4.58. The molecule has 146 valence electrons. The Hall–Kier alpha value is -2.71. The van der Waals surface area contributed by atoms with E-state index >= 15 is 0 Å². The Labute approximate surface area is 167 Å². The first-order chi connectivity index (χ1) is 13.4. The molecule has 1 amide bonds. The van der Waals surface area contributed by atoms with Gasteiger partial charge in [0.2, 0.25) is 0 Å². The highest BCUT2D eigenvalue weighted by atomic mass is 32.2. The third-order valence-corrected chi connectivity index (χ3v) is 7.03. The number of carbonyl (C=O) groups excluding carboxylic acids is 1. The van der Waals surface area contributed by atoms with Crippen molar-refractivity contribution in [1.82, 2.24) is 5.32 Å². The number of carbonyl (C=O) groups is 1. The average Bonchev–Trinajstić information content (AvgIpc) is 3.20. The number of nitrogens with zero attached hydrogens (tertiary/aromatic N) is 1. The Balaban J connectivity index is 1.66. The highest BCUT2D eigenvalue weighted by Gasteiger charge is 2.24. The lowest BCUT2D eigenvalue weighted by Crippen LogP contribution is -2.26. The van der Waals surface area contributed by atoms with Crippen LogP contribution in [0.3, 0.4) is 0 Å². The Kier molecular flexibility index (Phi) is 6.11. The Bertz CT molecular complexity index is 1050. The molecule has 3 aromatic rings. The molecule has 1 heterocycles. The molecule has 0 saturated heterocycles. The monoisotopic (exact) mass is 418 g/mol. The van der Waals surface area contributed by atoms with Gasteiger partial charge in [0.25, 0.3) is 15.9 Å². The van der Waals surface area contributed by atoms with Gasteiger partial charge in [-0.05, 0) is 42.3 Å². The van der Waals surface area contributed by atoms with Crippen molar-refractivity contribution in [2.24, 2.45) is 0 Å². The van der Waals surface area contributed by atoms with Crippen LogP contribution in [0.4, 0.5) is 10.1 Å². The molecule has 0 aliphatic rings. The van der Waals surface area contributed by atoms with Crippen LogP contribution in [0.2, 0.25) is 0 Å². The summed E-state index contributed by atoms with van der Waals surface area (Å²) in [6, 6.07) is 16.3. The summed E-state index contributed by atoms with van der Waals surface area (Å²) in [5.41, 5.74) is 1.44. The summed E-state index contributed by atoms with van der Waals surface area (Å²) in [4.78, 5) is 12.6. The summed E-state index contributed by atoms with van der Waals surface area (Å²) in [5.74, 6) is -0.758. The molecule has 28 heavy (non-hydrogen) atoms. The molecule has 0 radical (unpaired) electrons. The van der Waals surface area contributed by atoms with E-state index in [-0.39, 0.29) is 10.8 Å². The maximum Gasteiger partial charge on any atom is 0.264 e. The number of benzene rings is 2. The van der Waals surface area contributed by atoms with E-state index in [1.807, 2.05) is 30.3 Å². The summed E-state index contributed by atoms with van der Waals surface area (Å²) in [6.07, 6.45) is 0.691. The smallest absolute Gasteiger partial charge is 0.264 e. The molecule has 0 spiro atoms. The molecular formula is C20H19FN2O3S2. The summed E-state index contributed by atoms with van der Waals surface area (Å²) in [6.45, 7) is 0.457. The van der Waals surface area contributed by atoms with Crippen LogP contribution in [0.5, 0.6) is 0 Å². The minimum Gasteiger partial charge on any atom is -0.351 e. The van der Waals surface area contributed by atoms with E-state index in [2.05, 4.69) is 5.32 Å². The largest absolute Gasteiger partial charge is 0.351 e. The van der Waals surface area contributed by atoms with Crippen LogP contribution in [0.1, 0.15) is 15.2 Å². The van der Waals surface area contributed by atoms with E-state index in [1.165, 1.54) is 42.8 Å². The Morgan fingerprint density at radius 1 is 1.11 bits per heavy atom. The fourth-order valence-corrected chi connectivity index (χ4v) is 4.95.